The first-order valence-electron chi connectivity index (χ1n) is 4.35. The molecule has 68 valence electrons. The van der Waals surface area contributed by atoms with Crippen LogP contribution in [0.25, 0.3) is 10.9 Å². The Morgan fingerprint density at radius 1 is 1.54 bits per heavy atom. The van der Waals surface area contributed by atoms with Gasteiger partial charge in [0.25, 0.3) is 0 Å². The number of benzene rings is 1. The van der Waals surface area contributed by atoms with E-state index in [2.05, 4.69) is 10.2 Å². The molecule has 0 radical (unpaired) electrons. The van der Waals surface area contributed by atoms with Crippen LogP contribution in [0.15, 0.2) is 24.4 Å². The number of aromatic nitrogens is 2. The highest BCUT2D eigenvalue weighted by Crippen LogP contribution is 2.22. The Hall–Kier alpha value is -1.35. The SMILES string of the molecule is CC(CO)c1cccc2cn[nH]c12. The molecule has 1 unspecified atom stereocenters. The largest absolute Gasteiger partial charge is 0.396 e. The number of aliphatic hydroxyl groups is 1. The first-order chi connectivity index (χ1) is 6.33. The van der Waals surface area contributed by atoms with Gasteiger partial charge in [-0.15, -0.1) is 0 Å². The van der Waals surface area contributed by atoms with Gasteiger partial charge in [0, 0.05) is 17.9 Å². The van der Waals surface area contributed by atoms with Crippen molar-refractivity contribution in [1.82, 2.24) is 10.2 Å². The molecule has 1 aromatic heterocycles. The normalized spacial score (nSPS) is 13.4. The fourth-order valence-electron chi connectivity index (χ4n) is 1.50. The van der Waals surface area contributed by atoms with Gasteiger partial charge in [-0.1, -0.05) is 25.1 Å². The number of rotatable bonds is 2. The van der Waals surface area contributed by atoms with Crippen molar-refractivity contribution >= 4 is 10.9 Å². The standard InChI is InChI=1S/C10H12N2O/c1-7(6-13)9-4-2-3-8-5-11-12-10(8)9/h2-5,7,13H,6H2,1H3,(H,11,12). The molecule has 3 heteroatoms. The molecule has 2 rings (SSSR count). The number of H-pyrrole nitrogens is 1. The first-order valence-corrected chi connectivity index (χ1v) is 4.35. The first kappa shape index (κ1) is 8.26. The Labute approximate surface area is 76.4 Å². The van der Waals surface area contributed by atoms with Crippen molar-refractivity contribution in [3.8, 4) is 0 Å². The fourth-order valence-corrected chi connectivity index (χ4v) is 1.50. The van der Waals surface area contributed by atoms with Crippen LogP contribution in [0.4, 0.5) is 0 Å². The Morgan fingerprint density at radius 3 is 3.15 bits per heavy atom. The van der Waals surface area contributed by atoms with Gasteiger partial charge >= 0.3 is 0 Å². The summed E-state index contributed by atoms with van der Waals surface area (Å²) in [6, 6.07) is 6.01. The molecule has 0 fully saturated rings. The smallest absolute Gasteiger partial charge is 0.0685 e. The van der Waals surface area contributed by atoms with Gasteiger partial charge in [-0.05, 0) is 5.56 Å². The highest BCUT2D eigenvalue weighted by molar-refractivity contribution is 5.81. The summed E-state index contributed by atoms with van der Waals surface area (Å²) in [6.07, 6.45) is 1.79. The molecule has 1 heterocycles. The molecule has 0 aliphatic carbocycles. The van der Waals surface area contributed by atoms with Crippen molar-refractivity contribution in [2.45, 2.75) is 12.8 Å². The van der Waals surface area contributed by atoms with E-state index in [9.17, 15) is 0 Å². The topological polar surface area (TPSA) is 48.9 Å². The molecule has 0 bridgehead atoms. The maximum absolute atomic E-state index is 9.05. The van der Waals surface area contributed by atoms with Crippen LogP contribution in [0.5, 0.6) is 0 Å². The van der Waals surface area contributed by atoms with Gasteiger partial charge < -0.3 is 5.11 Å². The Balaban J connectivity index is 2.60. The van der Waals surface area contributed by atoms with Gasteiger partial charge in [0.1, 0.15) is 0 Å². The van der Waals surface area contributed by atoms with E-state index in [1.807, 2.05) is 25.1 Å². The number of nitrogens with one attached hydrogen (secondary N) is 1. The lowest BCUT2D eigenvalue weighted by atomic mass is 10.00. The minimum absolute atomic E-state index is 0.157. The van der Waals surface area contributed by atoms with E-state index in [0.29, 0.717) is 0 Å². The number of para-hydroxylation sites is 1. The van der Waals surface area contributed by atoms with Crippen LogP contribution in [0, 0.1) is 0 Å². The van der Waals surface area contributed by atoms with Crippen LogP contribution >= 0.6 is 0 Å². The zero-order valence-corrected chi connectivity index (χ0v) is 7.49. The molecule has 2 N–H and O–H groups in total. The molecule has 1 aromatic carbocycles. The molecule has 0 aliphatic rings. The number of nitrogens with zero attached hydrogens (tertiary/aromatic N) is 1. The van der Waals surface area contributed by atoms with Crippen molar-refractivity contribution in [2.24, 2.45) is 0 Å². The molecule has 2 aromatic rings. The average Bonchev–Trinajstić information content (AvgIpc) is 2.63. The fraction of sp³-hybridized carbons (Fsp3) is 0.300. The molecule has 0 amide bonds. The third-order valence-corrected chi connectivity index (χ3v) is 2.31. The van der Waals surface area contributed by atoms with Crippen LogP contribution in [-0.2, 0) is 0 Å². The third-order valence-electron chi connectivity index (χ3n) is 2.31. The van der Waals surface area contributed by atoms with Gasteiger partial charge in [-0.3, -0.25) is 5.10 Å². The maximum atomic E-state index is 9.05. The molecule has 13 heavy (non-hydrogen) atoms. The monoisotopic (exact) mass is 176 g/mol. The van der Waals surface area contributed by atoms with Crippen LogP contribution in [-0.4, -0.2) is 21.9 Å². The molecular weight excluding hydrogens is 164 g/mol. The summed E-state index contributed by atoms with van der Waals surface area (Å²) in [5.41, 5.74) is 2.15. The zero-order chi connectivity index (χ0) is 9.26. The predicted octanol–water partition coefficient (Wildman–Crippen LogP) is 1.66. The average molecular weight is 176 g/mol. The van der Waals surface area contributed by atoms with Crippen LogP contribution in [0.1, 0.15) is 18.4 Å². The predicted molar refractivity (Wildman–Crippen MR) is 51.6 cm³/mol. The summed E-state index contributed by atoms with van der Waals surface area (Å²) in [6.45, 7) is 2.16. The van der Waals surface area contributed by atoms with E-state index < -0.39 is 0 Å². The van der Waals surface area contributed by atoms with Gasteiger partial charge in [-0.25, -0.2) is 0 Å². The van der Waals surface area contributed by atoms with Crippen molar-refractivity contribution in [3.05, 3.63) is 30.0 Å². The highest BCUT2D eigenvalue weighted by Gasteiger charge is 2.08. The van der Waals surface area contributed by atoms with Gasteiger partial charge in [0.2, 0.25) is 0 Å². The van der Waals surface area contributed by atoms with Crippen molar-refractivity contribution in [2.75, 3.05) is 6.61 Å². The zero-order valence-electron chi connectivity index (χ0n) is 7.49. The summed E-state index contributed by atoms with van der Waals surface area (Å²) in [5, 5.41) is 17.1. The molecule has 0 saturated heterocycles. The summed E-state index contributed by atoms with van der Waals surface area (Å²) >= 11 is 0. The molecule has 1 atom stereocenters. The van der Waals surface area contributed by atoms with Crippen molar-refractivity contribution in [3.63, 3.8) is 0 Å². The molecular formula is C10H12N2O. The third kappa shape index (κ3) is 1.31. The second kappa shape index (κ2) is 3.18. The molecule has 0 spiro atoms. The lowest BCUT2D eigenvalue weighted by molar-refractivity contribution is 0.273. The van der Waals surface area contributed by atoms with Crippen LogP contribution in [0.2, 0.25) is 0 Å². The van der Waals surface area contributed by atoms with Gasteiger partial charge in [0.05, 0.1) is 11.7 Å². The van der Waals surface area contributed by atoms with E-state index in [1.54, 1.807) is 6.20 Å². The summed E-state index contributed by atoms with van der Waals surface area (Å²) < 4.78 is 0. The summed E-state index contributed by atoms with van der Waals surface area (Å²) in [4.78, 5) is 0. The lowest BCUT2D eigenvalue weighted by Crippen LogP contribution is -1.99. The quantitative estimate of drug-likeness (QED) is 0.731. The minimum atomic E-state index is 0.157. The number of hydrogen-bond acceptors (Lipinski definition) is 2. The summed E-state index contributed by atoms with van der Waals surface area (Å²) in [7, 11) is 0. The van der Waals surface area contributed by atoms with Gasteiger partial charge in [-0.2, -0.15) is 5.10 Å². The molecule has 0 saturated carbocycles. The Kier molecular flexibility index (Phi) is 2.02. The van der Waals surface area contributed by atoms with E-state index in [-0.39, 0.29) is 12.5 Å². The van der Waals surface area contributed by atoms with Gasteiger partial charge in [0.15, 0.2) is 0 Å². The lowest BCUT2D eigenvalue weighted by Gasteiger charge is -2.08. The van der Waals surface area contributed by atoms with Crippen LogP contribution < -0.4 is 0 Å². The number of hydrogen-bond donors (Lipinski definition) is 2. The molecule has 3 nitrogen and oxygen atoms in total. The highest BCUT2D eigenvalue weighted by atomic mass is 16.3. The van der Waals surface area contributed by atoms with E-state index in [1.165, 1.54) is 0 Å². The van der Waals surface area contributed by atoms with E-state index in [4.69, 9.17) is 5.11 Å². The van der Waals surface area contributed by atoms with Crippen molar-refractivity contribution in [1.29, 1.82) is 0 Å². The number of aromatic amines is 1. The van der Waals surface area contributed by atoms with E-state index >= 15 is 0 Å². The number of aliphatic hydroxyl groups excluding tert-OH is 1. The van der Waals surface area contributed by atoms with E-state index in [0.717, 1.165) is 16.5 Å². The second-order valence-corrected chi connectivity index (χ2v) is 3.27. The number of fused-ring (bicyclic) bond motifs is 1. The molecule has 0 aliphatic heterocycles. The Bertz CT molecular complexity index is 408. The second-order valence-electron chi connectivity index (χ2n) is 3.27. The maximum Gasteiger partial charge on any atom is 0.0685 e. The minimum Gasteiger partial charge on any atom is -0.396 e. The van der Waals surface area contributed by atoms with Crippen LogP contribution in [0.3, 0.4) is 0 Å². The Morgan fingerprint density at radius 2 is 2.38 bits per heavy atom. The summed E-state index contributed by atoms with van der Waals surface area (Å²) in [5.74, 6) is 0.157. The van der Waals surface area contributed by atoms with Crippen molar-refractivity contribution < 1.29 is 5.11 Å².